The van der Waals surface area contributed by atoms with E-state index < -0.39 is 0 Å². The minimum atomic E-state index is 0.191. The quantitative estimate of drug-likeness (QED) is 0.483. The number of halogens is 2. The Kier molecular flexibility index (Phi) is 5.49. The number of nitrogens with two attached hydrogens (primary N) is 1. The van der Waals surface area contributed by atoms with Gasteiger partial charge in [0.05, 0.1) is 0 Å². The van der Waals surface area contributed by atoms with E-state index in [1.54, 1.807) is 0 Å². The molecule has 4 heteroatoms. The summed E-state index contributed by atoms with van der Waals surface area (Å²) in [5.74, 6) is 6.40. The van der Waals surface area contributed by atoms with Crippen LogP contribution in [-0.4, -0.2) is 0 Å². The average Bonchev–Trinajstić information content (AvgIpc) is 2.64. The third-order valence-corrected chi connectivity index (χ3v) is 4.80. The summed E-state index contributed by atoms with van der Waals surface area (Å²) in [7, 11) is 0. The minimum absolute atomic E-state index is 0.191. The lowest BCUT2D eigenvalue weighted by Gasteiger charge is -2.27. The molecule has 1 fully saturated rings. The van der Waals surface area contributed by atoms with Crippen LogP contribution in [-0.2, 0) is 0 Å². The van der Waals surface area contributed by atoms with Gasteiger partial charge in [-0.25, -0.2) is 0 Å². The number of hydrogen-bond acceptors (Lipinski definition) is 2. The van der Waals surface area contributed by atoms with Gasteiger partial charge in [0.2, 0.25) is 0 Å². The second kappa shape index (κ2) is 6.90. The van der Waals surface area contributed by atoms with Gasteiger partial charge < -0.3 is 0 Å². The molecule has 0 aliphatic heterocycles. The van der Waals surface area contributed by atoms with E-state index in [4.69, 9.17) is 17.4 Å². The zero-order valence-corrected chi connectivity index (χ0v) is 12.8. The van der Waals surface area contributed by atoms with Crippen LogP contribution in [0.15, 0.2) is 22.7 Å². The van der Waals surface area contributed by atoms with E-state index in [-0.39, 0.29) is 6.04 Å². The van der Waals surface area contributed by atoms with Crippen molar-refractivity contribution in [2.24, 2.45) is 11.8 Å². The molecular formula is C14H20BrClN2. The number of hydrogen-bond donors (Lipinski definition) is 2. The monoisotopic (exact) mass is 330 g/mol. The predicted octanol–water partition coefficient (Wildman–Crippen LogP) is 4.58. The summed E-state index contributed by atoms with van der Waals surface area (Å²) in [5.41, 5.74) is 4.17. The molecule has 0 bridgehead atoms. The van der Waals surface area contributed by atoms with E-state index in [2.05, 4.69) is 21.4 Å². The molecule has 100 valence electrons. The fraction of sp³-hybridized carbons (Fsp3) is 0.571. The Balaban J connectivity index is 2.23. The van der Waals surface area contributed by atoms with Crippen LogP contribution < -0.4 is 11.3 Å². The summed E-state index contributed by atoms with van der Waals surface area (Å²) in [4.78, 5) is 0. The number of nitrogens with one attached hydrogen (secondary N) is 1. The average molecular weight is 332 g/mol. The van der Waals surface area contributed by atoms with Crippen LogP contribution >= 0.6 is 27.5 Å². The number of hydrazine groups is 1. The third-order valence-electron chi connectivity index (χ3n) is 3.84. The number of rotatable bonds is 3. The van der Waals surface area contributed by atoms with Crippen molar-refractivity contribution in [1.82, 2.24) is 5.43 Å². The molecule has 1 aromatic rings. The van der Waals surface area contributed by atoms with Gasteiger partial charge in [0, 0.05) is 15.5 Å². The van der Waals surface area contributed by atoms with Crippen molar-refractivity contribution in [3.63, 3.8) is 0 Å². The lowest BCUT2D eigenvalue weighted by molar-refractivity contribution is 0.328. The van der Waals surface area contributed by atoms with Crippen LogP contribution in [0.5, 0.6) is 0 Å². The maximum atomic E-state index is 6.10. The van der Waals surface area contributed by atoms with Gasteiger partial charge in [-0.3, -0.25) is 11.3 Å². The molecule has 1 saturated carbocycles. The summed E-state index contributed by atoms with van der Waals surface area (Å²) in [6.07, 6.45) is 7.80. The lowest BCUT2D eigenvalue weighted by atomic mass is 9.87. The van der Waals surface area contributed by atoms with Crippen molar-refractivity contribution in [1.29, 1.82) is 0 Å². The summed E-state index contributed by atoms with van der Waals surface area (Å²) in [6.45, 7) is 0. The maximum Gasteiger partial charge on any atom is 0.0499 e. The topological polar surface area (TPSA) is 38.0 Å². The van der Waals surface area contributed by atoms with E-state index in [1.807, 2.05) is 18.2 Å². The van der Waals surface area contributed by atoms with Crippen LogP contribution in [0.25, 0.3) is 0 Å². The van der Waals surface area contributed by atoms with Crippen LogP contribution in [0.1, 0.15) is 50.1 Å². The maximum absolute atomic E-state index is 6.10. The molecule has 1 unspecified atom stereocenters. The molecule has 3 N–H and O–H groups in total. The Labute approximate surface area is 122 Å². The van der Waals surface area contributed by atoms with E-state index in [0.29, 0.717) is 5.92 Å². The summed E-state index contributed by atoms with van der Waals surface area (Å²) >= 11 is 9.70. The zero-order valence-electron chi connectivity index (χ0n) is 10.5. The van der Waals surface area contributed by atoms with Gasteiger partial charge in [0.25, 0.3) is 0 Å². The molecule has 2 rings (SSSR count). The first-order valence-electron chi connectivity index (χ1n) is 6.63. The van der Waals surface area contributed by atoms with Gasteiger partial charge in [0.15, 0.2) is 0 Å². The molecule has 0 spiro atoms. The highest BCUT2D eigenvalue weighted by Gasteiger charge is 2.24. The second-order valence-corrected chi connectivity index (χ2v) is 6.35. The fourth-order valence-electron chi connectivity index (χ4n) is 2.88. The van der Waals surface area contributed by atoms with Gasteiger partial charge in [-0.2, -0.15) is 0 Å². The zero-order chi connectivity index (χ0) is 13.0. The van der Waals surface area contributed by atoms with Crippen molar-refractivity contribution < 1.29 is 0 Å². The highest BCUT2D eigenvalue weighted by atomic mass is 79.9. The van der Waals surface area contributed by atoms with Gasteiger partial charge in [-0.1, -0.05) is 53.2 Å². The lowest BCUT2D eigenvalue weighted by Crippen LogP contribution is -2.33. The van der Waals surface area contributed by atoms with Crippen molar-refractivity contribution >= 4 is 27.5 Å². The number of benzene rings is 1. The Hall–Kier alpha value is -0.0900. The third kappa shape index (κ3) is 3.47. The predicted molar refractivity (Wildman–Crippen MR) is 80.4 cm³/mol. The van der Waals surface area contributed by atoms with Crippen molar-refractivity contribution in [3.8, 4) is 0 Å². The molecule has 1 atom stereocenters. The Morgan fingerprint density at radius 3 is 2.50 bits per heavy atom. The molecule has 1 aromatic carbocycles. The first-order valence-corrected chi connectivity index (χ1v) is 7.80. The second-order valence-electron chi connectivity index (χ2n) is 5.06. The largest absolute Gasteiger partial charge is 0.271 e. The summed E-state index contributed by atoms with van der Waals surface area (Å²) < 4.78 is 1.08. The molecule has 0 heterocycles. The minimum Gasteiger partial charge on any atom is -0.271 e. The molecule has 0 amide bonds. The molecule has 1 aliphatic rings. The molecular weight excluding hydrogens is 312 g/mol. The summed E-state index contributed by atoms with van der Waals surface area (Å²) in [6, 6.07) is 6.10. The highest BCUT2D eigenvalue weighted by Crippen LogP contribution is 2.36. The standard InChI is InChI=1S/C14H20BrClN2/c15-13-8-7-11(16)9-12(13)14(18-17)10-5-3-1-2-4-6-10/h7-10,14,18H,1-6,17H2. The SMILES string of the molecule is NNC(c1cc(Cl)ccc1Br)C1CCCCCC1. The Bertz CT molecular complexity index is 389. The van der Waals surface area contributed by atoms with E-state index >= 15 is 0 Å². The van der Waals surface area contributed by atoms with Crippen molar-refractivity contribution in [2.75, 3.05) is 0 Å². The first-order chi connectivity index (χ1) is 8.72. The molecule has 0 aromatic heterocycles. The van der Waals surface area contributed by atoms with Gasteiger partial charge in [-0.05, 0) is 42.5 Å². The van der Waals surface area contributed by atoms with E-state index in [1.165, 1.54) is 44.1 Å². The molecule has 0 radical (unpaired) electrons. The Morgan fingerprint density at radius 2 is 1.89 bits per heavy atom. The smallest absolute Gasteiger partial charge is 0.0499 e. The first kappa shape index (κ1) is 14.3. The van der Waals surface area contributed by atoms with Crippen molar-refractivity contribution in [3.05, 3.63) is 33.3 Å². The van der Waals surface area contributed by atoms with Gasteiger partial charge >= 0.3 is 0 Å². The van der Waals surface area contributed by atoms with Gasteiger partial charge in [0.1, 0.15) is 0 Å². The van der Waals surface area contributed by atoms with E-state index in [9.17, 15) is 0 Å². The molecule has 18 heavy (non-hydrogen) atoms. The highest BCUT2D eigenvalue weighted by molar-refractivity contribution is 9.10. The molecule has 0 saturated heterocycles. The van der Waals surface area contributed by atoms with Crippen LogP contribution in [0.3, 0.4) is 0 Å². The van der Waals surface area contributed by atoms with E-state index in [0.717, 1.165) is 9.50 Å². The van der Waals surface area contributed by atoms with Crippen LogP contribution in [0.2, 0.25) is 5.02 Å². The van der Waals surface area contributed by atoms with Crippen LogP contribution in [0, 0.1) is 5.92 Å². The normalized spacial score (nSPS) is 19.5. The van der Waals surface area contributed by atoms with Crippen molar-refractivity contribution in [2.45, 2.75) is 44.6 Å². The van der Waals surface area contributed by atoms with Crippen LogP contribution in [0.4, 0.5) is 0 Å². The Morgan fingerprint density at radius 1 is 1.22 bits per heavy atom. The molecule has 1 aliphatic carbocycles. The fourth-order valence-corrected chi connectivity index (χ4v) is 3.55. The molecule has 2 nitrogen and oxygen atoms in total. The van der Waals surface area contributed by atoms with Gasteiger partial charge in [-0.15, -0.1) is 0 Å². The summed E-state index contributed by atoms with van der Waals surface area (Å²) in [5, 5.41) is 0.766.